The summed E-state index contributed by atoms with van der Waals surface area (Å²) in [6.07, 6.45) is -7.80. The Hall–Kier alpha value is -2.95. The Labute approximate surface area is 199 Å². The smallest absolute Gasteiger partial charge is 0.460 e. The summed E-state index contributed by atoms with van der Waals surface area (Å²) in [6, 6.07) is 4.55. The first-order chi connectivity index (χ1) is 16.7. The molecule has 0 unspecified atom stereocenters. The Morgan fingerprint density at radius 1 is 0.421 bits per heavy atom. The van der Waals surface area contributed by atoms with Gasteiger partial charge in [-0.05, 0) is 23.3 Å². The van der Waals surface area contributed by atoms with Gasteiger partial charge in [0.15, 0.2) is 0 Å². The van der Waals surface area contributed by atoms with E-state index in [0.717, 1.165) is 18.2 Å². The maximum absolute atomic E-state index is 14.7. The van der Waals surface area contributed by atoms with Gasteiger partial charge in [0.1, 0.15) is 5.75 Å². The van der Waals surface area contributed by atoms with E-state index in [9.17, 15) is 79.7 Å². The number of halogens is 17. The molecule has 0 aliphatic carbocycles. The second-order valence-corrected chi connectivity index (χ2v) is 7.61. The number of phenols is 1. The second kappa shape index (κ2) is 8.79. The van der Waals surface area contributed by atoms with Crippen LogP contribution in [0.1, 0.15) is 5.56 Å². The molecule has 38 heavy (non-hydrogen) atoms. The van der Waals surface area contributed by atoms with Crippen molar-refractivity contribution in [1.29, 1.82) is 0 Å². The van der Waals surface area contributed by atoms with Gasteiger partial charge in [0.05, 0.1) is 0 Å². The molecule has 0 heterocycles. The van der Waals surface area contributed by atoms with Crippen molar-refractivity contribution < 1.29 is 79.7 Å². The van der Waals surface area contributed by atoms with Crippen LogP contribution in [0.25, 0.3) is 11.1 Å². The molecule has 18 heteroatoms. The molecule has 0 saturated carbocycles. The topological polar surface area (TPSA) is 20.2 Å². The van der Waals surface area contributed by atoms with Crippen molar-refractivity contribution in [3.63, 3.8) is 0 Å². The van der Waals surface area contributed by atoms with Gasteiger partial charge < -0.3 is 5.11 Å². The standard InChI is InChI=1S/C20H9F17O/c21-13(22,12-4-2-1-3-11(12)9-5-7-10(38)8-6-9)14(23,24)15(25,26)16(27,28)17(29,30)18(31,32)19(33,34)20(35,36)37/h1-8,38H. The molecular formula is C20H9F17O. The van der Waals surface area contributed by atoms with Gasteiger partial charge in [0, 0.05) is 5.56 Å². The summed E-state index contributed by atoms with van der Waals surface area (Å²) in [5.74, 6) is -57.5. The van der Waals surface area contributed by atoms with Crippen molar-refractivity contribution in [3.05, 3.63) is 54.1 Å². The lowest BCUT2D eigenvalue weighted by molar-refractivity contribution is -0.462. The third-order valence-electron chi connectivity index (χ3n) is 5.17. The first-order valence-electron chi connectivity index (χ1n) is 9.34. The molecule has 1 N–H and O–H groups in total. The van der Waals surface area contributed by atoms with E-state index >= 15 is 0 Å². The van der Waals surface area contributed by atoms with E-state index in [4.69, 9.17) is 0 Å². The molecule has 0 atom stereocenters. The molecule has 0 fully saturated rings. The Morgan fingerprint density at radius 2 is 0.789 bits per heavy atom. The summed E-state index contributed by atoms with van der Waals surface area (Å²) < 4.78 is 230. The van der Waals surface area contributed by atoms with Crippen molar-refractivity contribution in [2.45, 2.75) is 47.6 Å². The van der Waals surface area contributed by atoms with Crippen LogP contribution in [-0.2, 0) is 5.92 Å². The van der Waals surface area contributed by atoms with E-state index in [0.29, 0.717) is 24.3 Å². The van der Waals surface area contributed by atoms with Crippen LogP contribution in [0.4, 0.5) is 74.6 Å². The number of rotatable bonds is 8. The Kier molecular flexibility index (Phi) is 7.23. The summed E-state index contributed by atoms with van der Waals surface area (Å²) in [5, 5.41) is 9.20. The maximum Gasteiger partial charge on any atom is 0.460 e. The molecule has 1 nitrogen and oxygen atoms in total. The van der Waals surface area contributed by atoms with E-state index in [1.807, 2.05) is 0 Å². The lowest BCUT2D eigenvalue weighted by Gasteiger charge is -2.43. The van der Waals surface area contributed by atoms with E-state index in [-0.39, 0.29) is 6.07 Å². The Balaban J connectivity index is 2.73. The summed E-state index contributed by atoms with van der Waals surface area (Å²) in [7, 11) is 0. The fourth-order valence-corrected chi connectivity index (χ4v) is 2.98. The molecule has 0 spiro atoms. The monoisotopic (exact) mass is 588 g/mol. The van der Waals surface area contributed by atoms with Crippen LogP contribution in [0.3, 0.4) is 0 Å². The molecule has 0 aliphatic rings. The van der Waals surface area contributed by atoms with Crippen LogP contribution in [-0.4, -0.2) is 46.8 Å². The molecule has 0 aromatic heterocycles. The minimum absolute atomic E-state index is 0.102. The van der Waals surface area contributed by atoms with Crippen molar-refractivity contribution >= 4 is 0 Å². The largest absolute Gasteiger partial charge is 0.508 e. The van der Waals surface area contributed by atoms with Gasteiger partial charge in [-0.3, -0.25) is 0 Å². The van der Waals surface area contributed by atoms with E-state index in [2.05, 4.69) is 0 Å². The predicted molar refractivity (Wildman–Crippen MR) is 93.2 cm³/mol. The number of hydrogen-bond donors (Lipinski definition) is 1. The number of aromatic hydroxyl groups is 1. The molecule has 2 rings (SSSR count). The molecule has 0 saturated heterocycles. The third-order valence-corrected chi connectivity index (χ3v) is 5.17. The fourth-order valence-electron chi connectivity index (χ4n) is 2.98. The van der Waals surface area contributed by atoms with Gasteiger partial charge in [0.25, 0.3) is 0 Å². The first-order valence-corrected chi connectivity index (χ1v) is 9.34. The highest BCUT2D eigenvalue weighted by molar-refractivity contribution is 5.69. The number of alkyl halides is 17. The minimum Gasteiger partial charge on any atom is -0.508 e. The highest BCUT2D eigenvalue weighted by atomic mass is 19.4. The highest BCUT2D eigenvalue weighted by Gasteiger charge is 2.95. The van der Waals surface area contributed by atoms with E-state index in [1.165, 1.54) is 0 Å². The average molecular weight is 588 g/mol. The number of hydrogen-bond acceptors (Lipinski definition) is 1. The van der Waals surface area contributed by atoms with Gasteiger partial charge >= 0.3 is 47.6 Å². The van der Waals surface area contributed by atoms with Gasteiger partial charge in [-0.2, -0.15) is 74.6 Å². The lowest BCUT2D eigenvalue weighted by Crippen LogP contribution is -2.74. The Bertz CT molecular complexity index is 1150. The van der Waals surface area contributed by atoms with Crippen molar-refractivity contribution in [1.82, 2.24) is 0 Å². The quantitative estimate of drug-likeness (QED) is 0.307. The molecule has 0 amide bonds. The zero-order chi connectivity index (χ0) is 30.0. The SMILES string of the molecule is Oc1ccc(-c2ccccc2C(F)(F)C(F)(F)C(F)(F)C(F)(F)C(F)(F)C(F)(F)C(F)(F)C(F)(F)F)cc1. The van der Waals surface area contributed by atoms with Crippen LogP contribution < -0.4 is 0 Å². The van der Waals surface area contributed by atoms with Crippen molar-refractivity contribution in [2.75, 3.05) is 0 Å². The normalized spacial score (nSPS) is 15.1. The molecule has 2 aromatic carbocycles. The zero-order valence-electron chi connectivity index (χ0n) is 17.5. The number of benzene rings is 2. The van der Waals surface area contributed by atoms with Crippen LogP contribution in [0.2, 0.25) is 0 Å². The zero-order valence-corrected chi connectivity index (χ0v) is 17.5. The summed E-state index contributed by atoms with van der Waals surface area (Å²) in [6.45, 7) is 0. The van der Waals surface area contributed by atoms with Crippen molar-refractivity contribution in [2.24, 2.45) is 0 Å². The minimum atomic E-state index is -8.68. The third kappa shape index (κ3) is 4.10. The average Bonchev–Trinajstić information content (AvgIpc) is 2.78. The molecule has 0 aliphatic heterocycles. The summed E-state index contributed by atoms with van der Waals surface area (Å²) >= 11 is 0. The van der Waals surface area contributed by atoms with Gasteiger partial charge in [-0.25, -0.2) is 0 Å². The molecule has 214 valence electrons. The highest BCUT2D eigenvalue weighted by Crippen LogP contribution is 2.65. The van der Waals surface area contributed by atoms with Gasteiger partial charge in [0.2, 0.25) is 0 Å². The van der Waals surface area contributed by atoms with Crippen LogP contribution in [0.15, 0.2) is 48.5 Å². The first kappa shape index (κ1) is 31.3. The maximum atomic E-state index is 14.7. The summed E-state index contributed by atoms with van der Waals surface area (Å²) in [5.41, 5.74) is -4.07. The molecule has 2 aromatic rings. The van der Waals surface area contributed by atoms with Crippen LogP contribution >= 0.6 is 0 Å². The van der Waals surface area contributed by atoms with Crippen LogP contribution in [0.5, 0.6) is 5.75 Å². The lowest BCUT2D eigenvalue weighted by atomic mass is 9.85. The predicted octanol–water partition coefficient (Wildman–Crippen LogP) is 8.53. The van der Waals surface area contributed by atoms with Crippen LogP contribution in [0, 0.1) is 0 Å². The molecule has 0 bridgehead atoms. The van der Waals surface area contributed by atoms with Gasteiger partial charge in [-0.1, -0.05) is 36.4 Å². The molecule has 0 radical (unpaired) electrons. The number of phenolic OH excluding ortho intramolecular Hbond substituents is 1. The molecular weight excluding hydrogens is 579 g/mol. The van der Waals surface area contributed by atoms with E-state index < -0.39 is 70.1 Å². The fraction of sp³-hybridized carbons (Fsp3) is 0.400. The second-order valence-electron chi connectivity index (χ2n) is 7.61. The Morgan fingerprint density at radius 3 is 1.21 bits per heavy atom. The van der Waals surface area contributed by atoms with E-state index in [1.54, 1.807) is 0 Å². The van der Waals surface area contributed by atoms with Crippen molar-refractivity contribution in [3.8, 4) is 16.9 Å². The summed E-state index contributed by atoms with van der Waals surface area (Å²) in [4.78, 5) is 0. The van der Waals surface area contributed by atoms with Gasteiger partial charge in [-0.15, -0.1) is 0 Å².